The van der Waals surface area contributed by atoms with Gasteiger partial charge in [0.2, 0.25) is 0 Å². The zero-order valence-electron chi connectivity index (χ0n) is 16.2. The van der Waals surface area contributed by atoms with Crippen molar-refractivity contribution < 1.29 is 18.8 Å². The summed E-state index contributed by atoms with van der Waals surface area (Å²) in [6.07, 6.45) is 0. The van der Waals surface area contributed by atoms with Gasteiger partial charge in [0.25, 0.3) is 5.91 Å². The van der Waals surface area contributed by atoms with E-state index < -0.39 is 0 Å². The quantitative estimate of drug-likeness (QED) is 0.495. The first-order valence-corrected chi connectivity index (χ1v) is 9.77. The first-order chi connectivity index (χ1) is 14.1. The van der Waals surface area contributed by atoms with Crippen LogP contribution in [0, 0.1) is 13.8 Å². The summed E-state index contributed by atoms with van der Waals surface area (Å²) < 4.78 is 17.3. The minimum absolute atomic E-state index is 0.268. The van der Waals surface area contributed by atoms with Crippen molar-refractivity contribution in [1.29, 1.82) is 0 Å². The van der Waals surface area contributed by atoms with Crippen LogP contribution in [0.1, 0.15) is 27.4 Å². The molecule has 0 radical (unpaired) electrons. The van der Waals surface area contributed by atoms with E-state index in [-0.39, 0.29) is 12.5 Å². The number of thiazole rings is 1. The SMILES string of the molecule is COc1cccc2sc(NC(=O)c3ccccc3OCc3c(C)noc3C)nc12. The Kier molecular flexibility index (Phi) is 5.18. The summed E-state index contributed by atoms with van der Waals surface area (Å²) in [5.74, 6) is 1.55. The zero-order chi connectivity index (χ0) is 20.4. The summed E-state index contributed by atoms with van der Waals surface area (Å²) in [4.78, 5) is 17.4. The summed E-state index contributed by atoms with van der Waals surface area (Å²) in [7, 11) is 1.60. The lowest BCUT2D eigenvalue weighted by molar-refractivity contribution is 0.102. The predicted octanol–water partition coefficient (Wildman–Crippen LogP) is 4.74. The van der Waals surface area contributed by atoms with Crippen LogP contribution in [0.5, 0.6) is 11.5 Å². The maximum atomic E-state index is 12.9. The second-order valence-electron chi connectivity index (χ2n) is 6.37. The molecule has 1 amide bonds. The van der Waals surface area contributed by atoms with Gasteiger partial charge in [0.05, 0.1) is 28.6 Å². The van der Waals surface area contributed by atoms with E-state index in [1.54, 1.807) is 25.3 Å². The molecular weight excluding hydrogens is 390 g/mol. The zero-order valence-corrected chi connectivity index (χ0v) is 17.0. The van der Waals surface area contributed by atoms with Crippen LogP contribution in [-0.2, 0) is 6.61 Å². The van der Waals surface area contributed by atoms with Gasteiger partial charge in [0, 0.05) is 0 Å². The fourth-order valence-corrected chi connectivity index (χ4v) is 3.82. The van der Waals surface area contributed by atoms with Crippen molar-refractivity contribution in [3.05, 3.63) is 65.0 Å². The van der Waals surface area contributed by atoms with Crippen LogP contribution < -0.4 is 14.8 Å². The Hall–Kier alpha value is -3.39. The third-order valence-electron chi connectivity index (χ3n) is 4.51. The molecule has 7 nitrogen and oxygen atoms in total. The lowest BCUT2D eigenvalue weighted by atomic mass is 10.2. The van der Waals surface area contributed by atoms with E-state index in [4.69, 9.17) is 14.0 Å². The molecule has 2 heterocycles. The number of amides is 1. The van der Waals surface area contributed by atoms with E-state index in [0.717, 1.165) is 21.5 Å². The van der Waals surface area contributed by atoms with Crippen LogP contribution in [-0.4, -0.2) is 23.2 Å². The lowest BCUT2D eigenvalue weighted by Gasteiger charge is -2.10. The Morgan fingerprint density at radius 1 is 1.14 bits per heavy atom. The first kappa shape index (κ1) is 18.9. The summed E-state index contributed by atoms with van der Waals surface area (Å²) in [6.45, 7) is 3.96. The molecule has 4 aromatic rings. The van der Waals surface area contributed by atoms with Crippen molar-refractivity contribution in [1.82, 2.24) is 10.1 Å². The number of methoxy groups -OCH3 is 1. The van der Waals surface area contributed by atoms with E-state index in [2.05, 4.69) is 15.5 Å². The average molecular weight is 409 g/mol. The third-order valence-corrected chi connectivity index (χ3v) is 5.44. The van der Waals surface area contributed by atoms with E-state index in [1.807, 2.05) is 38.1 Å². The number of carbonyl (C=O) groups is 1. The van der Waals surface area contributed by atoms with Gasteiger partial charge in [-0.1, -0.05) is 34.7 Å². The molecule has 0 aliphatic heterocycles. The van der Waals surface area contributed by atoms with Gasteiger partial charge in [-0.3, -0.25) is 10.1 Å². The number of carbonyl (C=O) groups excluding carboxylic acids is 1. The fraction of sp³-hybridized carbons (Fsp3) is 0.190. The van der Waals surface area contributed by atoms with Gasteiger partial charge in [-0.05, 0) is 38.1 Å². The maximum absolute atomic E-state index is 12.9. The number of para-hydroxylation sites is 2. The van der Waals surface area contributed by atoms with E-state index in [0.29, 0.717) is 28.0 Å². The number of aromatic nitrogens is 2. The number of fused-ring (bicyclic) bond motifs is 1. The Morgan fingerprint density at radius 2 is 1.93 bits per heavy atom. The minimum Gasteiger partial charge on any atom is -0.494 e. The Morgan fingerprint density at radius 3 is 2.69 bits per heavy atom. The molecule has 29 heavy (non-hydrogen) atoms. The standard InChI is InChI=1S/C21H19N3O4S/c1-12-15(13(2)28-24-12)11-27-16-8-5-4-7-14(16)20(25)23-21-22-19-17(26-3)9-6-10-18(19)29-21/h4-10H,11H2,1-3H3,(H,22,23,25). The number of anilines is 1. The molecule has 0 saturated carbocycles. The number of nitrogens with zero attached hydrogens (tertiary/aromatic N) is 2. The van der Waals surface area contributed by atoms with Crippen LogP contribution in [0.25, 0.3) is 10.2 Å². The van der Waals surface area contributed by atoms with E-state index in [1.165, 1.54) is 11.3 Å². The molecule has 0 aliphatic rings. The van der Waals surface area contributed by atoms with Crippen molar-refractivity contribution in [3.8, 4) is 11.5 Å². The molecule has 2 aromatic carbocycles. The Labute approximate surface area is 171 Å². The summed E-state index contributed by atoms with van der Waals surface area (Å²) >= 11 is 1.39. The smallest absolute Gasteiger partial charge is 0.261 e. The Balaban J connectivity index is 1.55. The monoisotopic (exact) mass is 409 g/mol. The van der Waals surface area contributed by atoms with Crippen LogP contribution in [0.15, 0.2) is 47.0 Å². The topological polar surface area (TPSA) is 86.5 Å². The van der Waals surface area contributed by atoms with Crippen molar-refractivity contribution in [2.45, 2.75) is 20.5 Å². The summed E-state index contributed by atoms with van der Waals surface area (Å²) in [5, 5.41) is 7.28. The molecule has 4 rings (SSSR count). The molecule has 1 N–H and O–H groups in total. The number of rotatable bonds is 6. The molecule has 0 saturated heterocycles. The highest BCUT2D eigenvalue weighted by atomic mass is 32.1. The largest absolute Gasteiger partial charge is 0.494 e. The molecule has 0 fully saturated rings. The molecule has 0 bridgehead atoms. The second-order valence-corrected chi connectivity index (χ2v) is 7.40. The number of nitrogens with one attached hydrogen (secondary N) is 1. The highest BCUT2D eigenvalue weighted by Crippen LogP contribution is 2.32. The van der Waals surface area contributed by atoms with Gasteiger partial charge in [-0.25, -0.2) is 4.98 Å². The molecule has 148 valence electrons. The normalized spacial score (nSPS) is 10.9. The van der Waals surface area contributed by atoms with Crippen molar-refractivity contribution >= 4 is 32.6 Å². The molecule has 8 heteroatoms. The van der Waals surface area contributed by atoms with Crippen LogP contribution in [0.2, 0.25) is 0 Å². The number of hydrogen-bond donors (Lipinski definition) is 1. The molecule has 0 atom stereocenters. The van der Waals surface area contributed by atoms with Gasteiger partial charge in [-0.15, -0.1) is 0 Å². The Bertz CT molecular complexity index is 1160. The van der Waals surface area contributed by atoms with Gasteiger partial charge >= 0.3 is 0 Å². The fourth-order valence-electron chi connectivity index (χ4n) is 2.94. The van der Waals surface area contributed by atoms with Crippen LogP contribution in [0.4, 0.5) is 5.13 Å². The highest BCUT2D eigenvalue weighted by molar-refractivity contribution is 7.22. The predicted molar refractivity (Wildman–Crippen MR) is 111 cm³/mol. The van der Waals surface area contributed by atoms with Crippen molar-refractivity contribution in [3.63, 3.8) is 0 Å². The van der Waals surface area contributed by atoms with Crippen LogP contribution in [0.3, 0.4) is 0 Å². The molecule has 2 aromatic heterocycles. The average Bonchev–Trinajstić information content (AvgIpc) is 3.28. The number of aryl methyl sites for hydroxylation is 2. The number of benzene rings is 2. The molecule has 0 aliphatic carbocycles. The number of ether oxygens (including phenoxy) is 2. The summed E-state index contributed by atoms with van der Waals surface area (Å²) in [5.41, 5.74) is 2.79. The van der Waals surface area contributed by atoms with E-state index in [9.17, 15) is 4.79 Å². The second kappa shape index (κ2) is 7.92. The lowest BCUT2D eigenvalue weighted by Crippen LogP contribution is -2.13. The van der Waals surface area contributed by atoms with Crippen LogP contribution >= 0.6 is 11.3 Å². The highest BCUT2D eigenvalue weighted by Gasteiger charge is 2.17. The minimum atomic E-state index is -0.294. The van der Waals surface area contributed by atoms with E-state index >= 15 is 0 Å². The number of hydrogen-bond acceptors (Lipinski definition) is 7. The maximum Gasteiger partial charge on any atom is 0.261 e. The van der Waals surface area contributed by atoms with Gasteiger partial charge in [0.15, 0.2) is 5.13 Å². The third kappa shape index (κ3) is 3.79. The molecule has 0 spiro atoms. The van der Waals surface area contributed by atoms with Gasteiger partial charge in [0.1, 0.15) is 29.4 Å². The summed E-state index contributed by atoms with van der Waals surface area (Å²) in [6, 6.07) is 12.8. The van der Waals surface area contributed by atoms with Gasteiger partial charge < -0.3 is 14.0 Å². The van der Waals surface area contributed by atoms with Crippen molar-refractivity contribution in [2.75, 3.05) is 12.4 Å². The first-order valence-electron chi connectivity index (χ1n) is 8.95. The van der Waals surface area contributed by atoms with Gasteiger partial charge in [-0.2, -0.15) is 0 Å². The van der Waals surface area contributed by atoms with Crippen molar-refractivity contribution in [2.24, 2.45) is 0 Å². The molecule has 0 unspecified atom stereocenters. The molecular formula is C21H19N3O4S.